The number of carbonyl (C=O) groups is 2. The number of pyridine rings is 1. The number of nitrogens with zero attached hydrogens (tertiary/aromatic N) is 2. The fourth-order valence-corrected chi connectivity index (χ4v) is 1.73. The van der Waals surface area contributed by atoms with Crippen LogP contribution in [0, 0.1) is 0 Å². The first kappa shape index (κ1) is 11.5. The lowest BCUT2D eigenvalue weighted by Crippen LogP contribution is -2.56. The Morgan fingerprint density at radius 2 is 2.29 bits per heavy atom. The summed E-state index contributed by atoms with van der Waals surface area (Å²) in [6, 6.07) is 3.22. The SMILES string of the molecule is CC1C(=O)NC(=O)CN1Cc1ccc(N)nc1. The van der Waals surface area contributed by atoms with Gasteiger partial charge in [-0.1, -0.05) is 6.07 Å². The third-order valence-corrected chi connectivity index (χ3v) is 2.77. The lowest BCUT2D eigenvalue weighted by Gasteiger charge is -2.31. The smallest absolute Gasteiger partial charge is 0.243 e. The predicted octanol–water partition coefficient (Wildman–Crippen LogP) is -0.489. The van der Waals surface area contributed by atoms with Crippen molar-refractivity contribution in [3.63, 3.8) is 0 Å². The van der Waals surface area contributed by atoms with Crippen molar-refractivity contribution < 1.29 is 9.59 Å². The minimum Gasteiger partial charge on any atom is -0.384 e. The normalized spacial score (nSPS) is 21.4. The van der Waals surface area contributed by atoms with E-state index in [1.807, 2.05) is 6.07 Å². The van der Waals surface area contributed by atoms with Crippen molar-refractivity contribution >= 4 is 17.6 Å². The highest BCUT2D eigenvalue weighted by Gasteiger charge is 2.29. The zero-order valence-corrected chi connectivity index (χ0v) is 9.51. The number of hydrogen-bond donors (Lipinski definition) is 2. The molecule has 0 aromatic carbocycles. The lowest BCUT2D eigenvalue weighted by molar-refractivity contribution is -0.139. The molecule has 1 unspecified atom stereocenters. The third-order valence-electron chi connectivity index (χ3n) is 2.77. The Kier molecular flexibility index (Phi) is 3.06. The number of amides is 2. The number of nitrogen functional groups attached to an aromatic ring is 1. The van der Waals surface area contributed by atoms with Crippen LogP contribution in [-0.2, 0) is 16.1 Å². The van der Waals surface area contributed by atoms with Crippen molar-refractivity contribution in [1.29, 1.82) is 0 Å². The Hall–Kier alpha value is -1.95. The fraction of sp³-hybridized carbons (Fsp3) is 0.364. The Labute approximate surface area is 98.8 Å². The van der Waals surface area contributed by atoms with Crippen molar-refractivity contribution in [3.8, 4) is 0 Å². The molecule has 6 nitrogen and oxygen atoms in total. The van der Waals surface area contributed by atoms with Crippen molar-refractivity contribution in [1.82, 2.24) is 15.2 Å². The molecule has 0 bridgehead atoms. The molecule has 0 saturated carbocycles. The van der Waals surface area contributed by atoms with Gasteiger partial charge >= 0.3 is 0 Å². The number of hydrogen-bond acceptors (Lipinski definition) is 5. The van der Waals surface area contributed by atoms with Crippen LogP contribution < -0.4 is 11.1 Å². The third kappa shape index (κ3) is 2.59. The van der Waals surface area contributed by atoms with E-state index < -0.39 is 0 Å². The van der Waals surface area contributed by atoms with Crippen LogP contribution >= 0.6 is 0 Å². The van der Waals surface area contributed by atoms with Crippen LogP contribution in [0.3, 0.4) is 0 Å². The number of rotatable bonds is 2. The van der Waals surface area contributed by atoms with Gasteiger partial charge in [0, 0.05) is 12.7 Å². The zero-order valence-electron chi connectivity index (χ0n) is 9.51. The molecule has 2 amide bonds. The molecule has 0 spiro atoms. The standard InChI is InChI=1S/C11H14N4O2/c1-7-11(17)14-10(16)6-15(7)5-8-2-3-9(12)13-4-8/h2-4,7H,5-6H2,1H3,(H2,12,13)(H,14,16,17). The van der Waals surface area contributed by atoms with E-state index in [1.165, 1.54) is 0 Å². The molecule has 17 heavy (non-hydrogen) atoms. The summed E-state index contributed by atoms with van der Waals surface area (Å²) in [5, 5.41) is 2.30. The largest absolute Gasteiger partial charge is 0.384 e. The molecule has 1 fully saturated rings. The Morgan fingerprint density at radius 3 is 2.94 bits per heavy atom. The highest BCUT2D eigenvalue weighted by molar-refractivity contribution is 6.00. The highest BCUT2D eigenvalue weighted by Crippen LogP contribution is 2.11. The van der Waals surface area contributed by atoms with E-state index in [9.17, 15) is 9.59 Å². The second-order valence-corrected chi connectivity index (χ2v) is 4.08. The molecule has 1 atom stereocenters. The van der Waals surface area contributed by atoms with Gasteiger partial charge < -0.3 is 5.73 Å². The van der Waals surface area contributed by atoms with Crippen LogP contribution in [0.2, 0.25) is 0 Å². The second kappa shape index (κ2) is 4.50. The van der Waals surface area contributed by atoms with E-state index in [4.69, 9.17) is 5.73 Å². The van der Waals surface area contributed by atoms with Crippen molar-refractivity contribution in [2.75, 3.05) is 12.3 Å². The topological polar surface area (TPSA) is 88.3 Å². The minimum absolute atomic E-state index is 0.220. The minimum atomic E-state index is -0.315. The summed E-state index contributed by atoms with van der Waals surface area (Å²) in [6.45, 7) is 2.50. The maximum atomic E-state index is 11.4. The first-order valence-electron chi connectivity index (χ1n) is 5.34. The van der Waals surface area contributed by atoms with Crippen LogP contribution in [0.4, 0.5) is 5.82 Å². The summed E-state index contributed by atoms with van der Waals surface area (Å²) in [5.41, 5.74) is 6.41. The maximum absolute atomic E-state index is 11.4. The van der Waals surface area contributed by atoms with Gasteiger partial charge in [-0.25, -0.2) is 4.98 Å². The monoisotopic (exact) mass is 234 g/mol. The Morgan fingerprint density at radius 1 is 1.53 bits per heavy atom. The van der Waals surface area contributed by atoms with E-state index in [-0.39, 0.29) is 24.4 Å². The molecule has 1 aromatic heterocycles. The zero-order chi connectivity index (χ0) is 12.4. The number of nitrogens with one attached hydrogen (secondary N) is 1. The molecule has 1 saturated heterocycles. The van der Waals surface area contributed by atoms with E-state index in [2.05, 4.69) is 10.3 Å². The summed E-state index contributed by atoms with van der Waals surface area (Å²) in [7, 11) is 0. The van der Waals surface area contributed by atoms with Crippen molar-refractivity contribution in [2.24, 2.45) is 0 Å². The van der Waals surface area contributed by atoms with Crippen LogP contribution in [0.1, 0.15) is 12.5 Å². The summed E-state index contributed by atoms with van der Waals surface area (Å²) >= 11 is 0. The Balaban J connectivity index is 2.09. The first-order valence-corrected chi connectivity index (χ1v) is 5.34. The molecular formula is C11H14N4O2. The molecule has 3 N–H and O–H groups in total. The number of imide groups is 1. The van der Waals surface area contributed by atoms with Gasteiger partial charge in [-0.2, -0.15) is 0 Å². The molecule has 2 heterocycles. The molecule has 2 rings (SSSR count). The summed E-state index contributed by atoms with van der Waals surface area (Å²) in [4.78, 5) is 28.5. The maximum Gasteiger partial charge on any atom is 0.243 e. The molecule has 1 aromatic rings. The average molecular weight is 234 g/mol. The fourth-order valence-electron chi connectivity index (χ4n) is 1.73. The van der Waals surface area contributed by atoms with Gasteiger partial charge in [0.1, 0.15) is 5.82 Å². The van der Waals surface area contributed by atoms with Gasteiger partial charge in [0.2, 0.25) is 11.8 Å². The molecule has 1 aliphatic rings. The van der Waals surface area contributed by atoms with Gasteiger partial charge in [0.15, 0.2) is 0 Å². The van der Waals surface area contributed by atoms with Gasteiger partial charge in [0.25, 0.3) is 0 Å². The van der Waals surface area contributed by atoms with Crippen LogP contribution in [0.25, 0.3) is 0 Å². The van der Waals surface area contributed by atoms with Gasteiger partial charge in [-0.05, 0) is 18.6 Å². The predicted molar refractivity (Wildman–Crippen MR) is 61.7 cm³/mol. The van der Waals surface area contributed by atoms with E-state index in [0.717, 1.165) is 5.56 Å². The highest BCUT2D eigenvalue weighted by atomic mass is 16.2. The molecule has 90 valence electrons. The molecule has 0 radical (unpaired) electrons. The van der Waals surface area contributed by atoms with Crippen molar-refractivity contribution in [3.05, 3.63) is 23.9 Å². The van der Waals surface area contributed by atoms with Gasteiger partial charge in [-0.3, -0.25) is 19.8 Å². The number of anilines is 1. The number of piperazine rings is 1. The first-order chi connectivity index (χ1) is 8.06. The van der Waals surface area contributed by atoms with Crippen LogP contribution in [-0.4, -0.2) is 34.3 Å². The molecular weight excluding hydrogens is 220 g/mol. The quantitative estimate of drug-likeness (QED) is 0.674. The van der Waals surface area contributed by atoms with E-state index >= 15 is 0 Å². The Bertz CT molecular complexity index is 443. The van der Waals surface area contributed by atoms with Crippen LogP contribution in [0.5, 0.6) is 0 Å². The summed E-state index contributed by atoms with van der Waals surface area (Å²) < 4.78 is 0. The van der Waals surface area contributed by atoms with Gasteiger partial charge in [-0.15, -0.1) is 0 Å². The number of nitrogens with two attached hydrogens (primary N) is 1. The molecule has 6 heteroatoms. The van der Waals surface area contributed by atoms with E-state index in [1.54, 1.807) is 24.1 Å². The molecule has 1 aliphatic heterocycles. The lowest BCUT2D eigenvalue weighted by atomic mass is 10.1. The second-order valence-electron chi connectivity index (χ2n) is 4.08. The summed E-state index contributed by atoms with van der Waals surface area (Å²) in [5.74, 6) is -0.0737. The van der Waals surface area contributed by atoms with E-state index in [0.29, 0.717) is 12.4 Å². The average Bonchev–Trinajstić information content (AvgIpc) is 2.28. The van der Waals surface area contributed by atoms with Gasteiger partial charge in [0.05, 0.1) is 12.6 Å². The number of carbonyl (C=O) groups excluding carboxylic acids is 2. The number of aromatic nitrogens is 1. The van der Waals surface area contributed by atoms with Crippen molar-refractivity contribution in [2.45, 2.75) is 19.5 Å². The van der Waals surface area contributed by atoms with Crippen LogP contribution in [0.15, 0.2) is 18.3 Å². The molecule has 0 aliphatic carbocycles. The summed E-state index contributed by atoms with van der Waals surface area (Å²) in [6.07, 6.45) is 1.65.